The van der Waals surface area contributed by atoms with Crippen LogP contribution in [0, 0.1) is 5.92 Å². The second-order valence-electron chi connectivity index (χ2n) is 5.74. The van der Waals surface area contributed by atoms with Gasteiger partial charge in [0.2, 0.25) is 5.91 Å². The first kappa shape index (κ1) is 16.4. The van der Waals surface area contributed by atoms with Crippen LogP contribution in [0.15, 0.2) is 12.1 Å². The number of hydrogen-bond acceptors (Lipinski definition) is 3. The minimum absolute atomic E-state index is 0.0968. The van der Waals surface area contributed by atoms with E-state index < -0.39 is 0 Å². The fourth-order valence-electron chi connectivity index (χ4n) is 2.53. The first-order valence-corrected chi connectivity index (χ1v) is 7.93. The first-order chi connectivity index (χ1) is 9.88. The standard InChI is InChI=1S/C15H21Cl2N3O/c1-9-3-5-20(6-4-9)10(2)15(21)19-14-12(17)7-11(16)8-13(14)18/h7-10H,3-6,18H2,1-2H3,(H,19,21). The van der Waals surface area contributed by atoms with Crippen molar-refractivity contribution in [3.63, 3.8) is 0 Å². The summed E-state index contributed by atoms with van der Waals surface area (Å²) in [4.78, 5) is 14.6. The summed E-state index contributed by atoms with van der Waals surface area (Å²) >= 11 is 12.0. The van der Waals surface area contributed by atoms with Gasteiger partial charge < -0.3 is 11.1 Å². The Hall–Kier alpha value is -0.970. The van der Waals surface area contributed by atoms with Gasteiger partial charge in [-0.1, -0.05) is 30.1 Å². The number of nitrogens with one attached hydrogen (secondary N) is 1. The zero-order valence-corrected chi connectivity index (χ0v) is 13.8. The van der Waals surface area contributed by atoms with Gasteiger partial charge in [0, 0.05) is 5.02 Å². The van der Waals surface area contributed by atoms with E-state index in [2.05, 4.69) is 17.1 Å². The first-order valence-electron chi connectivity index (χ1n) is 7.18. The SMILES string of the molecule is CC1CCN(C(C)C(=O)Nc2c(N)cc(Cl)cc2Cl)CC1. The highest BCUT2D eigenvalue weighted by atomic mass is 35.5. The third kappa shape index (κ3) is 4.02. The molecule has 0 saturated carbocycles. The van der Waals surface area contributed by atoms with Crippen molar-refractivity contribution in [3.8, 4) is 0 Å². The molecule has 4 nitrogen and oxygen atoms in total. The van der Waals surface area contributed by atoms with E-state index >= 15 is 0 Å². The number of nitrogens with two attached hydrogens (primary N) is 1. The Morgan fingerprint density at radius 1 is 1.38 bits per heavy atom. The lowest BCUT2D eigenvalue weighted by atomic mass is 9.98. The molecule has 21 heavy (non-hydrogen) atoms. The van der Waals surface area contributed by atoms with Gasteiger partial charge in [-0.2, -0.15) is 0 Å². The molecule has 0 spiro atoms. The molecule has 2 rings (SSSR count). The summed E-state index contributed by atoms with van der Waals surface area (Å²) in [6, 6.07) is 2.95. The van der Waals surface area contributed by atoms with Gasteiger partial charge in [0.05, 0.1) is 22.4 Å². The highest BCUT2D eigenvalue weighted by Crippen LogP contribution is 2.32. The van der Waals surface area contributed by atoms with E-state index in [4.69, 9.17) is 28.9 Å². The van der Waals surface area contributed by atoms with E-state index in [0.717, 1.165) is 31.8 Å². The Balaban J connectivity index is 2.04. The van der Waals surface area contributed by atoms with Gasteiger partial charge in [0.25, 0.3) is 0 Å². The number of hydrogen-bond donors (Lipinski definition) is 2. The monoisotopic (exact) mass is 329 g/mol. The smallest absolute Gasteiger partial charge is 0.241 e. The van der Waals surface area contributed by atoms with Crippen LogP contribution in [-0.2, 0) is 4.79 Å². The molecule has 1 aromatic carbocycles. The Morgan fingerprint density at radius 3 is 2.57 bits per heavy atom. The van der Waals surface area contributed by atoms with E-state index in [1.54, 1.807) is 12.1 Å². The number of benzene rings is 1. The number of nitrogen functional groups attached to an aromatic ring is 1. The number of carbonyl (C=O) groups excluding carboxylic acids is 1. The molecule has 1 aliphatic heterocycles. The fraction of sp³-hybridized carbons (Fsp3) is 0.533. The van der Waals surface area contributed by atoms with Crippen molar-refractivity contribution in [2.24, 2.45) is 5.92 Å². The molecule has 0 radical (unpaired) electrons. The zero-order chi connectivity index (χ0) is 15.6. The highest BCUT2D eigenvalue weighted by molar-refractivity contribution is 6.37. The molecule has 0 bridgehead atoms. The predicted octanol–water partition coefficient (Wildman–Crippen LogP) is 3.63. The predicted molar refractivity (Wildman–Crippen MR) is 88.9 cm³/mol. The third-order valence-corrected chi connectivity index (χ3v) is 4.60. The second-order valence-corrected chi connectivity index (χ2v) is 6.58. The van der Waals surface area contributed by atoms with Crippen LogP contribution in [0.2, 0.25) is 10.0 Å². The van der Waals surface area contributed by atoms with Gasteiger partial charge in [0.1, 0.15) is 0 Å². The maximum atomic E-state index is 12.4. The van der Waals surface area contributed by atoms with Gasteiger partial charge in [0.15, 0.2) is 0 Å². The normalized spacial score (nSPS) is 18.5. The van der Waals surface area contributed by atoms with Crippen LogP contribution < -0.4 is 11.1 Å². The maximum absolute atomic E-state index is 12.4. The minimum atomic E-state index is -0.205. The van der Waals surface area contributed by atoms with Crippen molar-refractivity contribution < 1.29 is 4.79 Å². The van der Waals surface area contributed by atoms with Crippen LogP contribution in [0.4, 0.5) is 11.4 Å². The number of anilines is 2. The van der Waals surface area contributed by atoms with Crippen molar-refractivity contribution in [2.45, 2.75) is 32.7 Å². The molecular formula is C15H21Cl2N3O. The lowest BCUT2D eigenvalue weighted by Gasteiger charge is -2.34. The molecule has 6 heteroatoms. The van der Waals surface area contributed by atoms with Crippen molar-refractivity contribution in [1.82, 2.24) is 4.90 Å². The summed E-state index contributed by atoms with van der Waals surface area (Å²) in [5, 5.41) is 3.62. The van der Waals surface area contributed by atoms with Crippen LogP contribution in [0.25, 0.3) is 0 Å². The number of rotatable bonds is 3. The molecule has 1 atom stereocenters. The zero-order valence-electron chi connectivity index (χ0n) is 12.3. The summed E-state index contributed by atoms with van der Waals surface area (Å²) in [7, 11) is 0. The number of likely N-dealkylation sites (tertiary alicyclic amines) is 1. The largest absolute Gasteiger partial charge is 0.397 e. The topological polar surface area (TPSA) is 58.4 Å². The van der Waals surface area contributed by atoms with Crippen LogP contribution in [0.1, 0.15) is 26.7 Å². The molecular weight excluding hydrogens is 309 g/mol. The molecule has 3 N–H and O–H groups in total. The Kier molecular flexibility index (Phi) is 5.36. The number of halogens is 2. The summed E-state index contributed by atoms with van der Waals surface area (Å²) < 4.78 is 0. The molecule has 1 aliphatic rings. The number of amides is 1. The number of piperidine rings is 1. The van der Waals surface area contributed by atoms with Crippen molar-refractivity contribution >= 4 is 40.5 Å². The van der Waals surface area contributed by atoms with Crippen molar-refractivity contribution in [2.75, 3.05) is 24.1 Å². The van der Waals surface area contributed by atoms with Crippen LogP contribution >= 0.6 is 23.2 Å². The Morgan fingerprint density at radius 2 is 2.00 bits per heavy atom. The molecule has 0 aromatic heterocycles. The number of carbonyl (C=O) groups is 1. The fourth-order valence-corrected chi connectivity index (χ4v) is 3.09. The molecule has 116 valence electrons. The average Bonchev–Trinajstić information content (AvgIpc) is 2.42. The van der Waals surface area contributed by atoms with Gasteiger partial charge in [-0.15, -0.1) is 0 Å². The average molecular weight is 330 g/mol. The van der Waals surface area contributed by atoms with Gasteiger partial charge in [-0.3, -0.25) is 9.69 Å². The molecule has 1 amide bonds. The minimum Gasteiger partial charge on any atom is -0.397 e. The molecule has 1 saturated heterocycles. The van der Waals surface area contributed by atoms with Gasteiger partial charge in [-0.05, 0) is 50.9 Å². The van der Waals surface area contributed by atoms with E-state index in [-0.39, 0.29) is 11.9 Å². The summed E-state index contributed by atoms with van der Waals surface area (Å²) in [5.74, 6) is 0.637. The van der Waals surface area contributed by atoms with Crippen LogP contribution in [0.3, 0.4) is 0 Å². The van der Waals surface area contributed by atoms with E-state index in [0.29, 0.717) is 21.4 Å². The van der Waals surface area contributed by atoms with Crippen LogP contribution in [-0.4, -0.2) is 29.9 Å². The van der Waals surface area contributed by atoms with Gasteiger partial charge >= 0.3 is 0 Å². The Bertz CT molecular complexity index is 505. The molecule has 1 fully saturated rings. The van der Waals surface area contributed by atoms with Crippen molar-refractivity contribution in [3.05, 3.63) is 22.2 Å². The molecule has 0 aliphatic carbocycles. The highest BCUT2D eigenvalue weighted by Gasteiger charge is 2.25. The quantitative estimate of drug-likeness (QED) is 0.832. The van der Waals surface area contributed by atoms with E-state index in [1.165, 1.54) is 0 Å². The lowest BCUT2D eigenvalue weighted by Crippen LogP contribution is -2.45. The Labute approximate surface area is 135 Å². The maximum Gasteiger partial charge on any atom is 0.241 e. The lowest BCUT2D eigenvalue weighted by molar-refractivity contribution is -0.121. The van der Waals surface area contributed by atoms with E-state index in [1.807, 2.05) is 6.92 Å². The van der Waals surface area contributed by atoms with E-state index in [9.17, 15) is 4.79 Å². The summed E-state index contributed by atoms with van der Waals surface area (Å²) in [6.07, 6.45) is 2.25. The van der Waals surface area contributed by atoms with Crippen LogP contribution in [0.5, 0.6) is 0 Å². The van der Waals surface area contributed by atoms with Crippen molar-refractivity contribution in [1.29, 1.82) is 0 Å². The molecule has 1 aromatic rings. The summed E-state index contributed by atoms with van der Waals surface area (Å²) in [6.45, 7) is 6.04. The molecule has 1 heterocycles. The number of nitrogens with zero attached hydrogens (tertiary/aromatic N) is 1. The molecule has 1 unspecified atom stereocenters. The second kappa shape index (κ2) is 6.86. The third-order valence-electron chi connectivity index (χ3n) is 4.08. The summed E-state index contributed by atoms with van der Waals surface area (Å²) in [5.41, 5.74) is 6.68. The van der Waals surface area contributed by atoms with Gasteiger partial charge in [-0.25, -0.2) is 0 Å².